The van der Waals surface area contributed by atoms with E-state index < -0.39 is 0 Å². The lowest BCUT2D eigenvalue weighted by atomic mass is 10.00. The zero-order chi connectivity index (χ0) is 12.0. The Hall–Kier alpha value is -1.26. The highest BCUT2D eigenvalue weighted by Gasteiger charge is 2.15. The molecule has 0 amide bonds. The molecule has 0 fully saturated rings. The summed E-state index contributed by atoms with van der Waals surface area (Å²) in [5, 5.41) is 9.76. The van der Waals surface area contributed by atoms with E-state index in [1.165, 1.54) is 0 Å². The van der Waals surface area contributed by atoms with E-state index in [0.29, 0.717) is 17.9 Å². The number of methoxy groups -OCH3 is 1. The maximum atomic E-state index is 9.76. The molecule has 0 aliphatic heterocycles. The topological polar surface area (TPSA) is 81.5 Å². The van der Waals surface area contributed by atoms with Gasteiger partial charge in [0.15, 0.2) is 0 Å². The second-order valence-electron chi connectivity index (χ2n) is 3.78. The van der Waals surface area contributed by atoms with E-state index in [1.54, 1.807) is 25.3 Å². The number of ether oxygens (including phenoxy) is 1. The maximum absolute atomic E-state index is 9.76. The van der Waals surface area contributed by atoms with E-state index in [2.05, 4.69) is 0 Å². The summed E-state index contributed by atoms with van der Waals surface area (Å²) in [4.78, 5) is 0. The third-order valence-corrected chi connectivity index (χ3v) is 2.60. The van der Waals surface area contributed by atoms with Gasteiger partial charge in [-0.25, -0.2) is 0 Å². The van der Waals surface area contributed by atoms with Crippen LogP contribution in [0.4, 0.5) is 0 Å². The lowest BCUT2D eigenvalue weighted by Gasteiger charge is -2.16. The van der Waals surface area contributed by atoms with Crippen LogP contribution in [0.2, 0.25) is 0 Å². The van der Waals surface area contributed by atoms with Gasteiger partial charge in [-0.15, -0.1) is 0 Å². The molecule has 0 aliphatic carbocycles. The Morgan fingerprint density at radius 1 is 1.38 bits per heavy atom. The van der Waals surface area contributed by atoms with Crippen molar-refractivity contribution in [1.29, 1.82) is 0 Å². The number of phenolic OH excluding ortho intramolecular Hbond substituents is 1. The Bertz CT molecular complexity index is 329. The number of nitrogens with two attached hydrogens (primary N) is 2. The number of unbranched alkanes of at least 4 members (excludes halogenated alkanes) is 1. The zero-order valence-electron chi connectivity index (χ0n) is 9.65. The van der Waals surface area contributed by atoms with Crippen LogP contribution in [0.5, 0.6) is 11.5 Å². The molecule has 0 saturated carbocycles. The van der Waals surface area contributed by atoms with Crippen LogP contribution in [0, 0.1) is 0 Å². The Balaban J connectivity index is 2.76. The molecule has 0 heterocycles. The molecule has 16 heavy (non-hydrogen) atoms. The lowest BCUT2D eigenvalue weighted by molar-refractivity contribution is 0.390. The van der Waals surface area contributed by atoms with E-state index in [9.17, 15) is 5.11 Å². The van der Waals surface area contributed by atoms with Gasteiger partial charge in [-0.2, -0.15) is 0 Å². The van der Waals surface area contributed by atoms with Crippen molar-refractivity contribution >= 4 is 0 Å². The first-order valence-corrected chi connectivity index (χ1v) is 5.52. The molecule has 1 aromatic rings. The van der Waals surface area contributed by atoms with Gasteiger partial charge in [-0.05, 0) is 31.5 Å². The molecule has 1 rings (SSSR count). The summed E-state index contributed by atoms with van der Waals surface area (Å²) in [6.07, 6.45) is 2.70. The van der Waals surface area contributed by atoms with Crippen molar-refractivity contribution in [3.8, 4) is 11.5 Å². The standard InChI is InChI=1S/C12H20N2O2/c1-16-11-7-4-6-10(15)12(11)9(14)5-2-3-8-13/h4,6-7,9,15H,2-3,5,8,13-14H2,1H3/t9-/m0/s1. The average Bonchev–Trinajstić information content (AvgIpc) is 2.28. The van der Waals surface area contributed by atoms with Gasteiger partial charge in [0.2, 0.25) is 0 Å². The van der Waals surface area contributed by atoms with Gasteiger partial charge in [0, 0.05) is 6.04 Å². The second kappa shape index (κ2) is 6.35. The monoisotopic (exact) mass is 224 g/mol. The summed E-state index contributed by atoms with van der Waals surface area (Å²) in [6, 6.07) is 4.96. The number of hydrogen-bond donors (Lipinski definition) is 3. The van der Waals surface area contributed by atoms with Crippen LogP contribution in [0.15, 0.2) is 18.2 Å². The first-order valence-electron chi connectivity index (χ1n) is 5.52. The highest BCUT2D eigenvalue weighted by molar-refractivity contribution is 5.45. The van der Waals surface area contributed by atoms with E-state index in [0.717, 1.165) is 19.3 Å². The normalized spacial score (nSPS) is 12.4. The van der Waals surface area contributed by atoms with E-state index in [4.69, 9.17) is 16.2 Å². The molecule has 4 nitrogen and oxygen atoms in total. The Labute approximate surface area is 96.2 Å². The molecule has 0 aliphatic rings. The molecule has 0 bridgehead atoms. The van der Waals surface area contributed by atoms with Gasteiger partial charge in [-0.1, -0.05) is 12.5 Å². The fourth-order valence-electron chi connectivity index (χ4n) is 1.74. The van der Waals surface area contributed by atoms with E-state index in [1.807, 2.05) is 0 Å². The van der Waals surface area contributed by atoms with Crippen LogP contribution in [0.1, 0.15) is 30.9 Å². The SMILES string of the molecule is COc1cccc(O)c1[C@@H](N)CCCCN. The molecule has 0 unspecified atom stereocenters. The van der Waals surface area contributed by atoms with Crippen molar-refractivity contribution in [3.05, 3.63) is 23.8 Å². The van der Waals surface area contributed by atoms with Crippen molar-refractivity contribution in [1.82, 2.24) is 0 Å². The predicted octanol–water partition coefficient (Wildman–Crippen LogP) is 1.53. The first kappa shape index (κ1) is 12.8. The third-order valence-electron chi connectivity index (χ3n) is 2.60. The summed E-state index contributed by atoms with van der Waals surface area (Å²) in [7, 11) is 1.57. The number of benzene rings is 1. The smallest absolute Gasteiger partial charge is 0.127 e. The van der Waals surface area contributed by atoms with Crippen LogP contribution >= 0.6 is 0 Å². The molecular formula is C12H20N2O2. The van der Waals surface area contributed by atoms with Crippen LogP contribution in [-0.4, -0.2) is 18.8 Å². The molecule has 1 aromatic carbocycles. The largest absolute Gasteiger partial charge is 0.507 e. The molecule has 90 valence electrons. The minimum absolute atomic E-state index is 0.194. The molecular weight excluding hydrogens is 204 g/mol. The van der Waals surface area contributed by atoms with E-state index in [-0.39, 0.29) is 11.8 Å². The Morgan fingerprint density at radius 3 is 2.75 bits per heavy atom. The Kier molecular flexibility index (Phi) is 5.08. The Morgan fingerprint density at radius 2 is 2.12 bits per heavy atom. The van der Waals surface area contributed by atoms with Crippen molar-refractivity contribution in [2.24, 2.45) is 11.5 Å². The summed E-state index contributed by atoms with van der Waals surface area (Å²) in [6.45, 7) is 0.671. The summed E-state index contributed by atoms with van der Waals surface area (Å²) in [5.41, 5.74) is 12.1. The number of phenols is 1. The van der Waals surface area contributed by atoms with Gasteiger partial charge >= 0.3 is 0 Å². The molecule has 0 spiro atoms. The van der Waals surface area contributed by atoms with Gasteiger partial charge in [0.05, 0.1) is 12.7 Å². The van der Waals surface area contributed by atoms with Gasteiger partial charge in [0.25, 0.3) is 0 Å². The molecule has 5 N–H and O–H groups in total. The highest BCUT2D eigenvalue weighted by atomic mass is 16.5. The highest BCUT2D eigenvalue weighted by Crippen LogP contribution is 2.34. The van der Waals surface area contributed by atoms with Gasteiger partial charge < -0.3 is 21.3 Å². The van der Waals surface area contributed by atoms with Crippen molar-refractivity contribution in [3.63, 3.8) is 0 Å². The third kappa shape index (κ3) is 3.12. The lowest BCUT2D eigenvalue weighted by Crippen LogP contribution is -2.12. The van der Waals surface area contributed by atoms with Crippen molar-refractivity contribution in [2.75, 3.05) is 13.7 Å². The molecule has 0 radical (unpaired) electrons. The van der Waals surface area contributed by atoms with Crippen LogP contribution in [0.25, 0.3) is 0 Å². The summed E-state index contributed by atoms with van der Waals surface area (Å²) < 4.78 is 5.19. The van der Waals surface area contributed by atoms with Crippen molar-refractivity contribution < 1.29 is 9.84 Å². The molecule has 4 heteroatoms. The quantitative estimate of drug-likeness (QED) is 0.640. The second-order valence-corrected chi connectivity index (χ2v) is 3.78. The molecule has 0 saturated heterocycles. The fraction of sp³-hybridized carbons (Fsp3) is 0.500. The van der Waals surface area contributed by atoms with Gasteiger partial charge in [-0.3, -0.25) is 0 Å². The zero-order valence-corrected chi connectivity index (χ0v) is 9.65. The summed E-state index contributed by atoms with van der Waals surface area (Å²) >= 11 is 0. The average molecular weight is 224 g/mol. The van der Waals surface area contributed by atoms with Crippen molar-refractivity contribution in [2.45, 2.75) is 25.3 Å². The first-order chi connectivity index (χ1) is 7.70. The number of aromatic hydroxyl groups is 1. The number of rotatable bonds is 6. The van der Waals surface area contributed by atoms with Crippen LogP contribution in [0.3, 0.4) is 0 Å². The van der Waals surface area contributed by atoms with Crippen LogP contribution in [-0.2, 0) is 0 Å². The predicted molar refractivity (Wildman–Crippen MR) is 64.5 cm³/mol. The molecule has 0 aromatic heterocycles. The van der Waals surface area contributed by atoms with E-state index >= 15 is 0 Å². The minimum atomic E-state index is -0.206. The molecule has 1 atom stereocenters. The summed E-state index contributed by atoms with van der Waals surface area (Å²) in [5.74, 6) is 0.833. The fourth-order valence-corrected chi connectivity index (χ4v) is 1.74. The maximum Gasteiger partial charge on any atom is 0.127 e. The minimum Gasteiger partial charge on any atom is -0.507 e. The van der Waals surface area contributed by atoms with Gasteiger partial charge in [0.1, 0.15) is 11.5 Å². The van der Waals surface area contributed by atoms with Crippen LogP contribution < -0.4 is 16.2 Å². The number of hydrogen-bond acceptors (Lipinski definition) is 4.